The standard InChI is InChI=1S/C24H23NO4/c1-28-21-14-10-17(11-15-21)22(16-23(26)18-6-4-3-5-7-18)25-20-12-8-19(9-13-20)24(27)29-2/h3-15,22,25H,16H2,1-2H3/t22-/m0/s1. The molecule has 0 saturated heterocycles. The molecular formula is C24H23NO4. The predicted molar refractivity (Wildman–Crippen MR) is 113 cm³/mol. The smallest absolute Gasteiger partial charge is 0.337 e. The summed E-state index contributed by atoms with van der Waals surface area (Å²) in [7, 11) is 2.97. The third-order valence-electron chi connectivity index (χ3n) is 4.65. The minimum absolute atomic E-state index is 0.0464. The molecule has 0 amide bonds. The van der Waals surface area contributed by atoms with Crippen molar-refractivity contribution in [3.05, 3.63) is 95.6 Å². The molecule has 5 heteroatoms. The Kier molecular flexibility index (Phi) is 6.63. The number of esters is 1. The molecule has 0 saturated carbocycles. The Morgan fingerprint density at radius 3 is 2.07 bits per heavy atom. The largest absolute Gasteiger partial charge is 0.497 e. The van der Waals surface area contributed by atoms with E-state index in [0.717, 1.165) is 17.0 Å². The van der Waals surface area contributed by atoms with Crippen LogP contribution in [0.1, 0.15) is 38.7 Å². The molecule has 5 nitrogen and oxygen atoms in total. The highest BCUT2D eigenvalue weighted by Gasteiger charge is 2.18. The van der Waals surface area contributed by atoms with Crippen LogP contribution in [0.4, 0.5) is 5.69 Å². The van der Waals surface area contributed by atoms with Crippen molar-refractivity contribution in [2.45, 2.75) is 12.5 Å². The van der Waals surface area contributed by atoms with Crippen LogP contribution in [0.2, 0.25) is 0 Å². The van der Waals surface area contributed by atoms with Crippen LogP contribution < -0.4 is 10.1 Å². The molecule has 0 aliphatic heterocycles. The molecule has 0 bridgehead atoms. The Hall–Kier alpha value is -3.60. The average molecular weight is 389 g/mol. The Morgan fingerprint density at radius 2 is 1.48 bits per heavy atom. The summed E-state index contributed by atoms with van der Waals surface area (Å²) >= 11 is 0. The molecule has 0 spiro atoms. The average Bonchev–Trinajstić information content (AvgIpc) is 2.79. The number of Topliss-reactive ketones (excluding diaryl/α,β-unsaturated/α-hetero) is 1. The van der Waals surface area contributed by atoms with Gasteiger partial charge in [-0.05, 0) is 42.0 Å². The molecule has 0 aliphatic rings. The van der Waals surface area contributed by atoms with E-state index in [1.165, 1.54) is 7.11 Å². The first kappa shape index (κ1) is 20.1. The molecule has 0 heterocycles. The number of carbonyl (C=O) groups excluding carboxylic acids is 2. The van der Waals surface area contributed by atoms with E-state index in [0.29, 0.717) is 11.1 Å². The van der Waals surface area contributed by atoms with E-state index < -0.39 is 0 Å². The summed E-state index contributed by atoms with van der Waals surface area (Å²) in [5.74, 6) is 0.414. The number of hydrogen-bond donors (Lipinski definition) is 1. The predicted octanol–water partition coefficient (Wildman–Crippen LogP) is 4.91. The molecule has 3 aromatic rings. The Labute approximate surface area is 170 Å². The molecule has 3 aromatic carbocycles. The number of rotatable bonds is 8. The first-order valence-corrected chi connectivity index (χ1v) is 9.28. The van der Waals surface area contributed by atoms with Gasteiger partial charge in [0.25, 0.3) is 0 Å². The van der Waals surface area contributed by atoms with Gasteiger partial charge in [0.15, 0.2) is 5.78 Å². The van der Waals surface area contributed by atoms with Crippen LogP contribution in [0.25, 0.3) is 0 Å². The zero-order valence-electron chi connectivity index (χ0n) is 16.4. The van der Waals surface area contributed by atoms with Gasteiger partial charge in [0.2, 0.25) is 0 Å². The Morgan fingerprint density at radius 1 is 0.828 bits per heavy atom. The molecule has 0 radical (unpaired) electrons. The van der Waals surface area contributed by atoms with Crippen LogP contribution in [0.15, 0.2) is 78.9 Å². The summed E-state index contributed by atoms with van der Waals surface area (Å²) in [5, 5.41) is 3.40. The van der Waals surface area contributed by atoms with E-state index in [-0.39, 0.29) is 24.2 Å². The number of methoxy groups -OCH3 is 2. The molecule has 0 unspecified atom stereocenters. The van der Waals surface area contributed by atoms with Crippen molar-refractivity contribution in [3.8, 4) is 5.75 Å². The fraction of sp³-hybridized carbons (Fsp3) is 0.167. The minimum atomic E-state index is -0.387. The molecule has 0 aromatic heterocycles. The lowest BCUT2D eigenvalue weighted by Crippen LogP contribution is -2.16. The number of nitrogens with one attached hydrogen (secondary N) is 1. The fourth-order valence-electron chi connectivity index (χ4n) is 3.04. The SMILES string of the molecule is COC(=O)c1ccc(N[C@@H](CC(=O)c2ccccc2)c2ccc(OC)cc2)cc1. The van der Waals surface area contributed by atoms with Crippen molar-refractivity contribution < 1.29 is 19.1 Å². The summed E-state index contributed by atoms with van der Waals surface area (Å²) in [5.41, 5.74) is 2.92. The van der Waals surface area contributed by atoms with Gasteiger partial charge in [-0.15, -0.1) is 0 Å². The maximum absolute atomic E-state index is 12.8. The van der Waals surface area contributed by atoms with E-state index in [4.69, 9.17) is 9.47 Å². The Balaban J connectivity index is 1.83. The molecule has 29 heavy (non-hydrogen) atoms. The second-order valence-electron chi connectivity index (χ2n) is 6.53. The number of carbonyl (C=O) groups is 2. The second kappa shape index (κ2) is 9.55. The third kappa shape index (κ3) is 5.23. The quantitative estimate of drug-likeness (QED) is 0.438. The topological polar surface area (TPSA) is 64.6 Å². The lowest BCUT2D eigenvalue weighted by Gasteiger charge is -2.20. The van der Waals surface area contributed by atoms with Gasteiger partial charge >= 0.3 is 5.97 Å². The summed E-state index contributed by atoms with van der Waals surface area (Å²) in [6.45, 7) is 0. The van der Waals surface area contributed by atoms with E-state index >= 15 is 0 Å². The van der Waals surface area contributed by atoms with Crippen LogP contribution >= 0.6 is 0 Å². The summed E-state index contributed by atoms with van der Waals surface area (Å²) in [6, 6.07) is 23.6. The number of ether oxygens (including phenoxy) is 2. The van der Waals surface area contributed by atoms with Crippen molar-refractivity contribution in [2.24, 2.45) is 0 Å². The molecular weight excluding hydrogens is 366 g/mol. The minimum Gasteiger partial charge on any atom is -0.497 e. The highest BCUT2D eigenvalue weighted by Crippen LogP contribution is 2.26. The summed E-state index contributed by atoms with van der Waals surface area (Å²) < 4.78 is 9.97. The van der Waals surface area contributed by atoms with Gasteiger partial charge in [-0.25, -0.2) is 4.79 Å². The lowest BCUT2D eigenvalue weighted by atomic mass is 9.97. The van der Waals surface area contributed by atoms with Gasteiger partial charge in [0.05, 0.1) is 25.8 Å². The number of ketones is 1. The molecule has 3 rings (SSSR count). The first-order valence-electron chi connectivity index (χ1n) is 9.28. The van der Waals surface area contributed by atoms with Crippen molar-refractivity contribution >= 4 is 17.4 Å². The molecule has 148 valence electrons. The third-order valence-corrected chi connectivity index (χ3v) is 4.65. The van der Waals surface area contributed by atoms with Gasteiger partial charge in [0.1, 0.15) is 5.75 Å². The van der Waals surface area contributed by atoms with E-state index in [1.807, 2.05) is 54.6 Å². The normalized spacial score (nSPS) is 11.4. The maximum atomic E-state index is 12.8. The molecule has 0 aliphatic carbocycles. The van der Waals surface area contributed by atoms with Gasteiger partial charge in [-0.2, -0.15) is 0 Å². The van der Waals surface area contributed by atoms with Crippen LogP contribution in [0, 0.1) is 0 Å². The number of hydrogen-bond acceptors (Lipinski definition) is 5. The van der Waals surface area contributed by atoms with E-state index in [1.54, 1.807) is 31.4 Å². The van der Waals surface area contributed by atoms with Crippen molar-refractivity contribution in [2.75, 3.05) is 19.5 Å². The monoisotopic (exact) mass is 389 g/mol. The molecule has 1 atom stereocenters. The zero-order chi connectivity index (χ0) is 20.6. The second-order valence-corrected chi connectivity index (χ2v) is 6.53. The number of benzene rings is 3. The summed E-state index contributed by atoms with van der Waals surface area (Å²) in [6.07, 6.45) is 0.287. The van der Waals surface area contributed by atoms with Crippen LogP contribution in [-0.4, -0.2) is 26.0 Å². The zero-order valence-corrected chi connectivity index (χ0v) is 16.4. The van der Waals surface area contributed by atoms with Crippen LogP contribution in [-0.2, 0) is 4.74 Å². The van der Waals surface area contributed by atoms with Gasteiger partial charge in [0, 0.05) is 17.7 Å². The molecule has 1 N–H and O–H groups in total. The summed E-state index contributed by atoms with van der Waals surface area (Å²) in [4.78, 5) is 24.4. The lowest BCUT2D eigenvalue weighted by molar-refractivity contribution is 0.0600. The fourth-order valence-corrected chi connectivity index (χ4v) is 3.04. The van der Waals surface area contributed by atoms with Gasteiger partial charge in [-0.3, -0.25) is 4.79 Å². The Bertz CT molecular complexity index is 950. The van der Waals surface area contributed by atoms with Crippen molar-refractivity contribution in [1.29, 1.82) is 0 Å². The maximum Gasteiger partial charge on any atom is 0.337 e. The van der Waals surface area contributed by atoms with E-state index in [2.05, 4.69) is 5.32 Å². The van der Waals surface area contributed by atoms with Crippen molar-refractivity contribution in [3.63, 3.8) is 0 Å². The number of anilines is 1. The first-order chi connectivity index (χ1) is 14.1. The molecule has 0 fully saturated rings. The highest BCUT2D eigenvalue weighted by atomic mass is 16.5. The highest BCUT2D eigenvalue weighted by molar-refractivity contribution is 5.96. The van der Waals surface area contributed by atoms with Crippen LogP contribution in [0.3, 0.4) is 0 Å². The van der Waals surface area contributed by atoms with Crippen molar-refractivity contribution in [1.82, 2.24) is 0 Å². The van der Waals surface area contributed by atoms with E-state index in [9.17, 15) is 9.59 Å². The van der Waals surface area contributed by atoms with Crippen LogP contribution in [0.5, 0.6) is 5.75 Å². The van der Waals surface area contributed by atoms with Gasteiger partial charge in [-0.1, -0.05) is 42.5 Å². The van der Waals surface area contributed by atoms with Gasteiger partial charge < -0.3 is 14.8 Å².